The highest BCUT2D eigenvalue weighted by Crippen LogP contribution is 2.39. The molecule has 0 radical (unpaired) electrons. The smallest absolute Gasteiger partial charge is 0.344 e. The number of pyridine rings is 1. The van der Waals surface area contributed by atoms with Gasteiger partial charge in [-0.05, 0) is 30.7 Å². The summed E-state index contributed by atoms with van der Waals surface area (Å²) in [5, 5.41) is 9.54. The first-order valence-electron chi connectivity index (χ1n) is 5.62. The molecule has 2 atom stereocenters. The maximum Gasteiger partial charge on any atom is 0.344 e. The number of allylic oxidation sites excluding steroid dienone is 1. The molecule has 0 amide bonds. The highest BCUT2D eigenvalue weighted by Gasteiger charge is 2.51. The number of rotatable bonds is 3. The molecule has 2 heterocycles. The standard InChI is InChI=1S/C13H13ClN2O3/c1-8-7-10(9-3-5-15-6-4-9)13(19-2,12(17)18)11(14)16-8/h3-7,11H,1-2H3,(H,17,18). The zero-order valence-corrected chi connectivity index (χ0v) is 11.3. The minimum atomic E-state index is -1.69. The van der Waals surface area contributed by atoms with Crippen LogP contribution >= 0.6 is 11.6 Å². The molecule has 0 aromatic carbocycles. The number of carboxylic acid groups (broad SMARTS) is 1. The van der Waals surface area contributed by atoms with Crippen LogP contribution in [0, 0.1) is 0 Å². The number of nitrogens with zero attached hydrogens (tertiary/aromatic N) is 2. The van der Waals surface area contributed by atoms with E-state index in [1.807, 2.05) is 0 Å². The van der Waals surface area contributed by atoms with E-state index >= 15 is 0 Å². The minimum absolute atomic E-state index is 0.470. The number of halogens is 1. The number of aromatic nitrogens is 1. The largest absolute Gasteiger partial charge is 0.479 e. The molecule has 0 saturated carbocycles. The van der Waals surface area contributed by atoms with Crippen molar-refractivity contribution in [1.29, 1.82) is 0 Å². The summed E-state index contributed by atoms with van der Waals surface area (Å²) < 4.78 is 5.24. The van der Waals surface area contributed by atoms with Crippen LogP contribution in [0.2, 0.25) is 0 Å². The maximum atomic E-state index is 11.7. The quantitative estimate of drug-likeness (QED) is 0.679. The van der Waals surface area contributed by atoms with Gasteiger partial charge in [-0.15, -0.1) is 0 Å². The van der Waals surface area contributed by atoms with Crippen molar-refractivity contribution >= 4 is 28.9 Å². The molecule has 0 bridgehead atoms. The SMILES string of the molecule is COC1(C(=O)O)C(c2ccncc2)=CC(C)=NC1Cl. The van der Waals surface area contributed by atoms with E-state index in [1.165, 1.54) is 7.11 Å². The van der Waals surface area contributed by atoms with Crippen LogP contribution in [0.1, 0.15) is 12.5 Å². The Hall–Kier alpha value is -1.72. The average molecular weight is 281 g/mol. The van der Waals surface area contributed by atoms with Crippen molar-refractivity contribution in [1.82, 2.24) is 4.98 Å². The number of alkyl halides is 1. The summed E-state index contributed by atoms with van der Waals surface area (Å²) in [7, 11) is 1.31. The molecule has 1 aromatic rings. The number of dihydropyridines is 1. The number of aliphatic imine (C=N–C) groups is 1. The van der Waals surface area contributed by atoms with Crippen LogP contribution in [-0.2, 0) is 9.53 Å². The van der Waals surface area contributed by atoms with Crippen molar-refractivity contribution in [2.45, 2.75) is 18.0 Å². The first kappa shape index (κ1) is 13.7. The fraction of sp³-hybridized carbons (Fsp3) is 0.308. The lowest BCUT2D eigenvalue weighted by atomic mass is 9.85. The van der Waals surface area contributed by atoms with Gasteiger partial charge in [0.05, 0.1) is 0 Å². The van der Waals surface area contributed by atoms with Crippen LogP contribution < -0.4 is 0 Å². The van der Waals surface area contributed by atoms with Crippen LogP contribution in [0.25, 0.3) is 5.57 Å². The molecule has 1 aliphatic rings. The summed E-state index contributed by atoms with van der Waals surface area (Å²) in [6.07, 6.45) is 4.84. The zero-order valence-electron chi connectivity index (χ0n) is 10.5. The Morgan fingerprint density at radius 2 is 2.11 bits per heavy atom. The third-order valence-corrected chi connectivity index (χ3v) is 3.44. The Balaban J connectivity index is 2.65. The highest BCUT2D eigenvalue weighted by molar-refractivity contribution is 6.27. The Bertz CT molecular complexity index is 556. The van der Waals surface area contributed by atoms with Gasteiger partial charge in [0.15, 0.2) is 5.50 Å². The van der Waals surface area contributed by atoms with Gasteiger partial charge in [0.2, 0.25) is 5.60 Å². The number of methoxy groups -OCH3 is 1. The highest BCUT2D eigenvalue weighted by atomic mass is 35.5. The summed E-state index contributed by atoms with van der Waals surface area (Å²) in [4.78, 5) is 19.7. The Morgan fingerprint density at radius 1 is 1.47 bits per heavy atom. The van der Waals surface area contributed by atoms with Crippen molar-refractivity contribution in [3.8, 4) is 0 Å². The van der Waals surface area contributed by atoms with E-state index in [2.05, 4.69) is 9.98 Å². The van der Waals surface area contributed by atoms with Gasteiger partial charge in [-0.3, -0.25) is 9.98 Å². The van der Waals surface area contributed by atoms with Crippen molar-refractivity contribution in [2.24, 2.45) is 4.99 Å². The molecular formula is C13H13ClN2O3. The van der Waals surface area contributed by atoms with Crippen LogP contribution in [0.5, 0.6) is 0 Å². The Labute approximate surface area is 115 Å². The minimum Gasteiger partial charge on any atom is -0.479 e. The van der Waals surface area contributed by atoms with E-state index in [9.17, 15) is 9.90 Å². The van der Waals surface area contributed by atoms with E-state index in [-0.39, 0.29) is 0 Å². The van der Waals surface area contributed by atoms with Crippen molar-refractivity contribution in [3.63, 3.8) is 0 Å². The van der Waals surface area contributed by atoms with Gasteiger partial charge < -0.3 is 9.84 Å². The van der Waals surface area contributed by atoms with Crippen molar-refractivity contribution in [3.05, 3.63) is 36.2 Å². The number of carboxylic acids is 1. The first-order valence-corrected chi connectivity index (χ1v) is 6.05. The molecule has 0 saturated heterocycles. The third kappa shape index (κ3) is 2.15. The van der Waals surface area contributed by atoms with Crippen molar-refractivity contribution < 1.29 is 14.6 Å². The topological polar surface area (TPSA) is 71.8 Å². The van der Waals surface area contributed by atoms with Gasteiger partial charge in [0.1, 0.15) is 0 Å². The second-order valence-electron chi connectivity index (χ2n) is 4.15. The second-order valence-corrected chi connectivity index (χ2v) is 4.56. The molecule has 19 heavy (non-hydrogen) atoms. The number of carbonyl (C=O) groups is 1. The summed E-state index contributed by atoms with van der Waals surface area (Å²) in [5.41, 5.74) is -0.900. The van der Waals surface area contributed by atoms with Crippen LogP contribution in [-0.4, -0.2) is 40.0 Å². The van der Waals surface area contributed by atoms with Gasteiger partial charge in [0.25, 0.3) is 0 Å². The lowest BCUT2D eigenvalue weighted by Gasteiger charge is -2.35. The second kappa shape index (κ2) is 5.11. The lowest BCUT2D eigenvalue weighted by molar-refractivity contribution is -0.155. The normalized spacial score (nSPS) is 26.6. The average Bonchev–Trinajstić information content (AvgIpc) is 2.39. The van der Waals surface area contributed by atoms with Gasteiger partial charge in [-0.2, -0.15) is 0 Å². The van der Waals surface area contributed by atoms with Crippen LogP contribution in [0.3, 0.4) is 0 Å². The fourth-order valence-corrected chi connectivity index (χ4v) is 2.55. The summed E-state index contributed by atoms with van der Waals surface area (Å²) in [5.74, 6) is -1.17. The van der Waals surface area contributed by atoms with E-state index in [0.29, 0.717) is 16.8 Å². The third-order valence-electron chi connectivity index (χ3n) is 3.04. The summed E-state index contributed by atoms with van der Waals surface area (Å²) in [6.45, 7) is 1.76. The zero-order chi connectivity index (χ0) is 14.0. The van der Waals surface area contributed by atoms with Gasteiger partial charge in [-0.1, -0.05) is 11.6 Å². The maximum absolute atomic E-state index is 11.7. The van der Waals surface area contributed by atoms with Gasteiger partial charge >= 0.3 is 5.97 Å². The van der Waals surface area contributed by atoms with Gasteiger partial charge in [-0.25, -0.2) is 4.79 Å². The number of hydrogen-bond acceptors (Lipinski definition) is 4. The molecule has 6 heteroatoms. The molecule has 0 spiro atoms. The summed E-state index contributed by atoms with van der Waals surface area (Å²) in [6, 6.07) is 3.43. The molecule has 1 N–H and O–H groups in total. The molecule has 0 aliphatic carbocycles. The number of ether oxygens (including phenoxy) is 1. The lowest BCUT2D eigenvalue weighted by Crippen LogP contribution is -2.51. The monoisotopic (exact) mass is 280 g/mol. The fourth-order valence-electron chi connectivity index (χ4n) is 2.09. The van der Waals surface area contributed by atoms with E-state index in [1.54, 1.807) is 37.5 Å². The molecule has 1 aliphatic heterocycles. The predicted molar refractivity (Wildman–Crippen MR) is 72.3 cm³/mol. The number of hydrogen-bond donors (Lipinski definition) is 1. The predicted octanol–water partition coefficient (Wildman–Crippen LogP) is 1.97. The van der Waals surface area contributed by atoms with E-state index in [0.717, 1.165) is 0 Å². The first-order chi connectivity index (χ1) is 9.02. The summed E-state index contributed by atoms with van der Waals surface area (Å²) >= 11 is 6.12. The molecular weight excluding hydrogens is 268 g/mol. The van der Waals surface area contributed by atoms with Crippen LogP contribution in [0.4, 0.5) is 0 Å². The number of aliphatic carboxylic acids is 1. The van der Waals surface area contributed by atoms with Crippen LogP contribution in [0.15, 0.2) is 35.6 Å². The molecule has 5 nitrogen and oxygen atoms in total. The van der Waals surface area contributed by atoms with E-state index < -0.39 is 17.1 Å². The molecule has 2 rings (SSSR count). The molecule has 2 unspecified atom stereocenters. The molecule has 100 valence electrons. The van der Waals surface area contributed by atoms with Crippen molar-refractivity contribution in [2.75, 3.05) is 7.11 Å². The van der Waals surface area contributed by atoms with Gasteiger partial charge in [0, 0.05) is 30.8 Å². The molecule has 0 fully saturated rings. The Kier molecular flexibility index (Phi) is 3.68. The molecule has 1 aromatic heterocycles. The Morgan fingerprint density at radius 3 is 2.63 bits per heavy atom. The van der Waals surface area contributed by atoms with E-state index in [4.69, 9.17) is 16.3 Å².